The van der Waals surface area contributed by atoms with Crippen molar-refractivity contribution in [2.45, 2.75) is 0 Å². The van der Waals surface area contributed by atoms with Gasteiger partial charge in [-0.15, -0.1) is 0 Å². The molecular weight excluding hydrogens is 258 g/mol. The van der Waals surface area contributed by atoms with Gasteiger partial charge in [-0.25, -0.2) is 0 Å². The molecule has 0 aliphatic carbocycles. The lowest BCUT2D eigenvalue weighted by Crippen LogP contribution is -2.47. The van der Waals surface area contributed by atoms with Crippen LogP contribution in [0.5, 0.6) is 0 Å². The number of aromatic nitrogens is 1. The second-order valence-corrected chi connectivity index (χ2v) is 4.74. The predicted molar refractivity (Wildman–Crippen MR) is 61.9 cm³/mol. The Labute approximate surface area is 97.4 Å². The van der Waals surface area contributed by atoms with Gasteiger partial charge < -0.3 is 14.8 Å². The van der Waals surface area contributed by atoms with Crippen LogP contribution in [0.1, 0.15) is 10.5 Å². The summed E-state index contributed by atoms with van der Waals surface area (Å²) in [5.41, 5.74) is 0.659. The van der Waals surface area contributed by atoms with Crippen LogP contribution in [-0.2, 0) is 0 Å². The molecule has 0 bridgehead atoms. The SMILES string of the molecule is CN1CCN(C(=O)c2cc(Br)c[nH]2)CC1. The minimum Gasteiger partial charge on any atom is -0.356 e. The summed E-state index contributed by atoms with van der Waals surface area (Å²) < 4.78 is 0.917. The van der Waals surface area contributed by atoms with E-state index in [1.807, 2.05) is 11.0 Å². The van der Waals surface area contributed by atoms with E-state index in [1.54, 1.807) is 6.20 Å². The second-order valence-electron chi connectivity index (χ2n) is 3.83. The average Bonchev–Trinajstić information content (AvgIpc) is 2.65. The number of halogens is 1. The molecule has 1 amide bonds. The predicted octanol–water partition coefficient (Wildman–Crippen LogP) is 1.16. The minimum atomic E-state index is 0.0915. The molecule has 15 heavy (non-hydrogen) atoms. The zero-order valence-corrected chi connectivity index (χ0v) is 10.2. The Bertz CT molecular complexity index is 355. The van der Waals surface area contributed by atoms with Gasteiger partial charge >= 0.3 is 0 Å². The molecule has 0 saturated carbocycles. The lowest BCUT2D eigenvalue weighted by Gasteiger charge is -2.32. The fraction of sp³-hybridized carbons (Fsp3) is 0.500. The van der Waals surface area contributed by atoms with Gasteiger partial charge in [0, 0.05) is 36.8 Å². The molecule has 1 aliphatic heterocycles. The van der Waals surface area contributed by atoms with Crippen LogP contribution in [0, 0.1) is 0 Å². The quantitative estimate of drug-likeness (QED) is 0.833. The summed E-state index contributed by atoms with van der Waals surface area (Å²) in [6, 6.07) is 1.82. The molecule has 1 saturated heterocycles. The lowest BCUT2D eigenvalue weighted by atomic mass is 10.3. The third-order valence-electron chi connectivity index (χ3n) is 2.67. The number of likely N-dealkylation sites (N-methyl/N-ethyl adjacent to an activating group) is 1. The van der Waals surface area contributed by atoms with E-state index in [4.69, 9.17) is 0 Å². The van der Waals surface area contributed by atoms with Crippen molar-refractivity contribution in [1.82, 2.24) is 14.8 Å². The van der Waals surface area contributed by atoms with Gasteiger partial charge in [0.1, 0.15) is 5.69 Å². The van der Waals surface area contributed by atoms with E-state index in [-0.39, 0.29) is 5.91 Å². The highest BCUT2D eigenvalue weighted by atomic mass is 79.9. The Morgan fingerprint density at radius 2 is 2.07 bits per heavy atom. The molecule has 1 aromatic heterocycles. The monoisotopic (exact) mass is 271 g/mol. The summed E-state index contributed by atoms with van der Waals surface area (Å²) in [5, 5.41) is 0. The topological polar surface area (TPSA) is 39.3 Å². The van der Waals surface area contributed by atoms with Crippen molar-refractivity contribution in [3.63, 3.8) is 0 Å². The zero-order valence-electron chi connectivity index (χ0n) is 8.66. The van der Waals surface area contributed by atoms with Crippen LogP contribution >= 0.6 is 15.9 Å². The minimum absolute atomic E-state index is 0.0915. The zero-order chi connectivity index (χ0) is 10.8. The number of piperazine rings is 1. The third kappa shape index (κ3) is 2.41. The van der Waals surface area contributed by atoms with Gasteiger partial charge in [0.25, 0.3) is 5.91 Å². The maximum Gasteiger partial charge on any atom is 0.270 e. The molecule has 1 aromatic rings. The molecule has 0 aromatic carbocycles. The summed E-state index contributed by atoms with van der Waals surface area (Å²) in [7, 11) is 2.08. The molecule has 82 valence electrons. The van der Waals surface area contributed by atoms with E-state index in [1.165, 1.54) is 0 Å². The Kier molecular flexibility index (Phi) is 3.11. The molecule has 0 atom stereocenters. The van der Waals surface area contributed by atoms with Gasteiger partial charge in [0.05, 0.1) is 0 Å². The number of carbonyl (C=O) groups excluding carboxylic acids is 1. The normalized spacial score (nSPS) is 18.1. The molecule has 0 radical (unpaired) electrons. The summed E-state index contributed by atoms with van der Waals surface area (Å²) in [4.78, 5) is 19.1. The van der Waals surface area contributed by atoms with E-state index < -0.39 is 0 Å². The highest BCUT2D eigenvalue weighted by Crippen LogP contribution is 2.13. The Morgan fingerprint density at radius 3 is 2.60 bits per heavy atom. The first kappa shape index (κ1) is 10.7. The third-order valence-corrected chi connectivity index (χ3v) is 3.13. The first-order valence-electron chi connectivity index (χ1n) is 4.98. The molecule has 0 unspecified atom stereocenters. The van der Waals surface area contributed by atoms with Crippen molar-refractivity contribution >= 4 is 21.8 Å². The smallest absolute Gasteiger partial charge is 0.270 e. The van der Waals surface area contributed by atoms with Crippen molar-refractivity contribution < 1.29 is 4.79 Å². The lowest BCUT2D eigenvalue weighted by molar-refractivity contribution is 0.0659. The highest BCUT2D eigenvalue weighted by Gasteiger charge is 2.20. The standard InChI is InChI=1S/C10H14BrN3O/c1-13-2-4-14(5-3-13)10(15)9-6-8(11)7-12-9/h6-7,12H,2-5H2,1H3. The fourth-order valence-corrected chi connectivity index (χ4v) is 2.01. The van der Waals surface area contributed by atoms with Gasteiger partial charge in [-0.2, -0.15) is 0 Å². The molecular formula is C10H14BrN3O. The van der Waals surface area contributed by atoms with Crippen molar-refractivity contribution in [3.05, 3.63) is 22.4 Å². The van der Waals surface area contributed by atoms with Crippen molar-refractivity contribution in [1.29, 1.82) is 0 Å². The largest absolute Gasteiger partial charge is 0.356 e. The average molecular weight is 272 g/mol. The molecule has 2 rings (SSSR count). The molecule has 1 aliphatic rings. The number of amides is 1. The molecule has 5 heteroatoms. The maximum atomic E-state index is 12.0. The van der Waals surface area contributed by atoms with Crippen LogP contribution in [0.25, 0.3) is 0 Å². The van der Waals surface area contributed by atoms with E-state index in [0.29, 0.717) is 5.69 Å². The number of carbonyl (C=O) groups is 1. The van der Waals surface area contributed by atoms with Crippen molar-refractivity contribution in [3.8, 4) is 0 Å². The molecule has 1 N–H and O–H groups in total. The van der Waals surface area contributed by atoms with Crippen molar-refractivity contribution in [2.24, 2.45) is 0 Å². The summed E-state index contributed by atoms with van der Waals surface area (Å²) in [5.74, 6) is 0.0915. The van der Waals surface area contributed by atoms with Gasteiger partial charge in [-0.1, -0.05) is 0 Å². The Balaban J connectivity index is 2.02. The number of rotatable bonds is 1. The van der Waals surface area contributed by atoms with Crippen molar-refractivity contribution in [2.75, 3.05) is 33.2 Å². The Hall–Kier alpha value is -0.810. The molecule has 1 fully saturated rings. The summed E-state index contributed by atoms with van der Waals surface area (Å²) in [6.07, 6.45) is 1.78. The van der Waals surface area contributed by atoms with Crippen LogP contribution in [-0.4, -0.2) is 53.9 Å². The summed E-state index contributed by atoms with van der Waals surface area (Å²) in [6.45, 7) is 3.53. The van der Waals surface area contributed by atoms with E-state index >= 15 is 0 Å². The van der Waals surface area contributed by atoms with Crippen LogP contribution in [0.3, 0.4) is 0 Å². The van der Waals surface area contributed by atoms with E-state index in [9.17, 15) is 4.79 Å². The highest BCUT2D eigenvalue weighted by molar-refractivity contribution is 9.10. The van der Waals surface area contributed by atoms with Gasteiger partial charge in [-0.3, -0.25) is 4.79 Å². The van der Waals surface area contributed by atoms with Crippen LogP contribution < -0.4 is 0 Å². The fourth-order valence-electron chi connectivity index (χ4n) is 1.67. The number of nitrogens with zero attached hydrogens (tertiary/aromatic N) is 2. The summed E-state index contributed by atoms with van der Waals surface area (Å²) >= 11 is 3.32. The number of aromatic amines is 1. The Morgan fingerprint density at radius 1 is 1.40 bits per heavy atom. The number of hydrogen-bond donors (Lipinski definition) is 1. The van der Waals surface area contributed by atoms with Gasteiger partial charge in [0.2, 0.25) is 0 Å². The van der Waals surface area contributed by atoms with Crippen LogP contribution in [0.15, 0.2) is 16.7 Å². The van der Waals surface area contributed by atoms with E-state index in [0.717, 1.165) is 30.7 Å². The van der Waals surface area contributed by atoms with Gasteiger partial charge in [0.15, 0.2) is 0 Å². The first-order chi connectivity index (χ1) is 7.16. The maximum absolute atomic E-state index is 12.0. The number of nitrogens with one attached hydrogen (secondary N) is 1. The van der Waals surface area contributed by atoms with Crippen LogP contribution in [0.2, 0.25) is 0 Å². The van der Waals surface area contributed by atoms with Gasteiger partial charge in [-0.05, 0) is 29.0 Å². The first-order valence-corrected chi connectivity index (χ1v) is 5.78. The van der Waals surface area contributed by atoms with Crippen LogP contribution in [0.4, 0.5) is 0 Å². The molecule has 0 spiro atoms. The van der Waals surface area contributed by atoms with E-state index in [2.05, 4.69) is 32.9 Å². The second kappa shape index (κ2) is 4.37. The molecule has 2 heterocycles. The number of hydrogen-bond acceptors (Lipinski definition) is 2. The molecule has 4 nitrogen and oxygen atoms in total. The number of H-pyrrole nitrogens is 1.